The molecule has 0 aromatic heterocycles. The second-order valence-electron chi connectivity index (χ2n) is 7.29. The van der Waals surface area contributed by atoms with Crippen LogP contribution in [0.4, 0.5) is 4.39 Å². The van der Waals surface area contributed by atoms with Crippen molar-refractivity contribution in [3.63, 3.8) is 0 Å². The van der Waals surface area contributed by atoms with Gasteiger partial charge in [0, 0.05) is 0 Å². The standard InChI is InChI=1S/C21H23ClFNO2/c1-5-25-13-9-10-14(15(11-13)21(2,3)4)18-12-26-20(24-18)19-16(22)7-6-8-17(19)23/h6-11,18H,5,12H2,1-4H3. The van der Waals surface area contributed by atoms with E-state index in [1.54, 1.807) is 12.1 Å². The Kier molecular flexibility index (Phi) is 5.24. The quantitative estimate of drug-likeness (QED) is 0.686. The molecule has 138 valence electrons. The molecule has 0 saturated heterocycles. The first-order valence-electron chi connectivity index (χ1n) is 8.73. The number of benzene rings is 2. The number of hydrogen-bond donors (Lipinski definition) is 0. The molecule has 1 aliphatic rings. The van der Waals surface area contributed by atoms with Crippen LogP contribution >= 0.6 is 11.6 Å². The maximum atomic E-state index is 14.2. The Hall–Kier alpha value is -2.07. The Labute approximate surface area is 158 Å². The monoisotopic (exact) mass is 375 g/mol. The van der Waals surface area contributed by atoms with Crippen LogP contribution < -0.4 is 4.74 Å². The Balaban J connectivity index is 2.01. The molecule has 3 nitrogen and oxygen atoms in total. The van der Waals surface area contributed by atoms with Crippen molar-refractivity contribution in [3.8, 4) is 5.75 Å². The zero-order valence-electron chi connectivity index (χ0n) is 15.5. The zero-order chi connectivity index (χ0) is 18.9. The summed E-state index contributed by atoms with van der Waals surface area (Å²) in [6.07, 6.45) is 0. The zero-order valence-corrected chi connectivity index (χ0v) is 16.2. The molecule has 0 N–H and O–H groups in total. The highest BCUT2D eigenvalue weighted by Crippen LogP contribution is 2.37. The summed E-state index contributed by atoms with van der Waals surface area (Å²) in [5.41, 5.74) is 2.33. The number of aliphatic imine (C=N–C) groups is 1. The first kappa shape index (κ1) is 18.7. The molecule has 1 heterocycles. The fourth-order valence-corrected chi connectivity index (χ4v) is 3.35. The average molecular weight is 376 g/mol. The lowest BCUT2D eigenvalue weighted by Gasteiger charge is -2.25. The Bertz CT molecular complexity index is 822. The van der Waals surface area contributed by atoms with Gasteiger partial charge in [0.05, 0.1) is 17.2 Å². The van der Waals surface area contributed by atoms with Gasteiger partial charge in [0.2, 0.25) is 5.90 Å². The molecule has 0 bridgehead atoms. The van der Waals surface area contributed by atoms with Crippen LogP contribution in [0, 0.1) is 5.82 Å². The molecule has 2 aromatic rings. The lowest BCUT2D eigenvalue weighted by atomic mass is 9.82. The third-order valence-corrected chi connectivity index (χ3v) is 4.65. The molecule has 0 aliphatic carbocycles. The van der Waals surface area contributed by atoms with Gasteiger partial charge in [0.15, 0.2) is 0 Å². The van der Waals surface area contributed by atoms with Gasteiger partial charge in [-0.05, 0) is 47.7 Å². The lowest BCUT2D eigenvalue weighted by molar-refractivity contribution is 0.316. The molecule has 1 unspecified atom stereocenters. The summed E-state index contributed by atoms with van der Waals surface area (Å²) in [6.45, 7) is 9.38. The number of halogens is 2. The van der Waals surface area contributed by atoms with E-state index < -0.39 is 5.82 Å². The van der Waals surface area contributed by atoms with Crippen molar-refractivity contribution in [2.75, 3.05) is 13.2 Å². The number of hydrogen-bond acceptors (Lipinski definition) is 3. The Morgan fingerprint density at radius 1 is 1.27 bits per heavy atom. The van der Waals surface area contributed by atoms with Gasteiger partial charge >= 0.3 is 0 Å². The van der Waals surface area contributed by atoms with E-state index in [4.69, 9.17) is 21.1 Å². The van der Waals surface area contributed by atoms with Crippen LogP contribution in [0.5, 0.6) is 5.75 Å². The molecule has 0 fully saturated rings. The summed E-state index contributed by atoms with van der Waals surface area (Å²) in [5.74, 6) is 0.660. The van der Waals surface area contributed by atoms with Gasteiger partial charge < -0.3 is 9.47 Å². The Morgan fingerprint density at radius 2 is 2.04 bits per heavy atom. The van der Waals surface area contributed by atoms with E-state index in [9.17, 15) is 4.39 Å². The number of ether oxygens (including phenoxy) is 2. The normalized spacial score (nSPS) is 17.0. The minimum Gasteiger partial charge on any atom is -0.494 e. The van der Waals surface area contributed by atoms with Crippen LogP contribution in [0.3, 0.4) is 0 Å². The van der Waals surface area contributed by atoms with Crippen LogP contribution in [0.15, 0.2) is 41.4 Å². The number of nitrogens with zero attached hydrogens (tertiary/aromatic N) is 1. The lowest BCUT2D eigenvalue weighted by Crippen LogP contribution is -2.16. The van der Waals surface area contributed by atoms with E-state index in [1.807, 2.05) is 19.1 Å². The molecule has 0 amide bonds. The van der Waals surface area contributed by atoms with E-state index in [0.29, 0.717) is 18.2 Å². The highest BCUT2D eigenvalue weighted by Gasteiger charge is 2.29. The summed E-state index contributed by atoms with van der Waals surface area (Å²) in [4.78, 5) is 4.63. The summed E-state index contributed by atoms with van der Waals surface area (Å²) in [6, 6.07) is 10.4. The molecular formula is C21H23ClFNO2. The van der Waals surface area contributed by atoms with Crippen molar-refractivity contribution in [3.05, 3.63) is 63.9 Å². The maximum absolute atomic E-state index is 14.2. The topological polar surface area (TPSA) is 30.8 Å². The van der Waals surface area contributed by atoms with Gasteiger partial charge in [-0.3, -0.25) is 0 Å². The maximum Gasteiger partial charge on any atom is 0.221 e. The molecule has 3 rings (SSSR count). The van der Waals surface area contributed by atoms with Gasteiger partial charge in [-0.25, -0.2) is 9.38 Å². The second kappa shape index (κ2) is 7.28. The van der Waals surface area contributed by atoms with Crippen molar-refractivity contribution in [1.29, 1.82) is 0 Å². The molecule has 1 aliphatic heterocycles. The van der Waals surface area contributed by atoms with Crippen LogP contribution in [-0.4, -0.2) is 19.1 Å². The van der Waals surface area contributed by atoms with Crippen molar-refractivity contribution in [2.24, 2.45) is 4.99 Å². The van der Waals surface area contributed by atoms with Gasteiger partial charge in [-0.2, -0.15) is 0 Å². The summed E-state index contributed by atoms with van der Waals surface area (Å²) >= 11 is 6.15. The first-order valence-corrected chi connectivity index (χ1v) is 9.11. The predicted octanol–water partition coefficient (Wildman–Crippen LogP) is 5.69. The van der Waals surface area contributed by atoms with E-state index in [-0.39, 0.29) is 22.9 Å². The summed E-state index contributed by atoms with van der Waals surface area (Å²) in [7, 11) is 0. The van der Waals surface area contributed by atoms with Crippen LogP contribution in [0.25, 0.3) is 0 Å². The van der Waals surface area contributed by atoms with Crippen LogP contribution in [0.1, 0.15) is 50.4 Å². The van der Waals surface area contributed by atoms with Gasteiger partial charge in [0.25, 0.3) is 0 Å². The molecule has 1 atom stereocenters. The SMILES string of the molecule is CCOc1ccc(C2COC(c3c(F)cccc3Cl)=N2)c(C(C)(C)C)c1. The molecule has 0 radical (unpaired) electrons. The first-order chi connectivity index (χ1) is 12.3. The van der Waals surface area contributed by atoms with E-state index in [1.165, 1.54) is 6.07 Å². The largest absolute Gasteiger partial charge is 0.494 e. The fraction of sp³-hybridized carbons (Fsp3) is 0.381. The third-order valence-electron chi connectivity index (χ3n) is 4.33. The van der Waals surface area contributed by atoms with Crippen molar-refractivity contribution in [1.82, 2.24) is 0 Å². The van der Waals surface area contributed by atoms with Crippen molar-refractivity contribution >= 4 is 17.5 Å². The molecule has 26 heavy (non-hydrogen) atoms. The van der Waals surface area contributed by atoms with Crippen LogP contribution in [0.2, 0.25) is 5.02 Å². The van der Waals surface area contributed by atoms with E-state index in [0.717, 1.165) is 16.9 Å². The molecule has 0 spiro atoms. The van der Waals surface area contributed by atoms with Crippen LogP contribution in [-0.2, 0) is 10.2 Å². The second-order valence-corrected chi connectivity index (χ2v) is 7.70. The summed E-state index contributed by atoms with van der Waals surface area (Å²) < 4.78 is 25.5. The van der Waals surface area contributed by atoms with Gasteiger partial charge in [0.1, 0.15) is 24.2 Å². The fourth-order valence-electron chi connectivity index (χ4n) is 3.10. The van der Waals surface area contributed by atoms with Crippen molar-refractivity contribution < 1.29 is 13.9 Å². The summed E-state index contributed by atoms with van der Waals surface area (Å²) in [5, 5.41) is 0.298. The Morgan fingerprint density at radius 3 is 2.69 bits per heavy atom. The highest BCUT2D eigenvalue weighted by atomic mass is 35.5. The smallest absolute Gasteiger partial charge is 0.221 e. The van der Waals surface area contributed by atoms with E-state index in [2.05, 4.69) is 31.8 Å². The van der Waals surface area contributed by atoms with Gasteiger partial charge in [-0.1, -0.05) is 44.5 Å². The average Bonchev–Trinajstić information content (AvgIpc) is 3.03. The predicted molar refractivity (Wildman–Crippen MR) is 103 cm³/mol. The number of rotatable bonds is 4. The van der Waals surface area contributed by atoms with Gasteiger partial charge in [-0.15, -0.1) is 0 Å². The molecular weight excluding hydrogens is 353 g/mol. The minimum atomic E-state index is -0.431. The highest BCUT2D eigenvalue weighted by molar-refractivity contribution is 6.33. The molecule has 2 aromatic carbocycles. The molecule has 5 heteroatoms. The molecule has 0 saturated carbocycles. The van der Waals surface area contributed by atoms with Crippen molar-refractivity contribution in [2.45, 2.75) is 39.2 Å². The minimum absolute atomic E-state index is 0.0869. The third kappa shape index (κ3) is 3.70. The van der Waals surface area contributed by atoms with E-state index >= 15 is 0 Å².